The summed E-state index contributed by atoms with van der Waals surface area (Å²) >= 11 is 0. The topological polar surface area (TPSA) is 220 Å². The van der Waals surface area contributed by atoms with Gasteiger partial charge in [-0.15, -0.1) is 0 Å². The number of benzene rings is 3. The van der Waals surface area contributed by atoms with Crippen molar-refractivity contribution in [3.8, 4) is 23.1 Å². The molecule has 4 fully saturated rings. The summed E-state index contributed by atoms with van der Waals surface area (Å²) in [5, 5.41) is 26.9. The summed E-state index contributed by atoms with van der Waals surface area (Å²) < 4.78 is 60.3. The van der Waals surface area contributed by atoms with Gasteiger partial charge in [0.25, 0.3) is 27.5 Å². The molecule has 2 aromatic heterocycles. The summed E-state index contributed by atoms with van der Waals surface area (Å²) in [6, 6.07) is 19.9. The number of methoxy groups -OCH3 is 1. The Kier molecular flexibility index (Phi) is 13.9. The summed E-state index contributed by atoms with van der Waals surface area (Å²) in [5.41, 5.74) is 2.99. The van der Waals surface area contributed by atoms with Crippen molar-refractivity contribution >= 4 is 44.0 Å². The molecule has 18 nitrogen and oxygen atoms in total. The molecule has 0 bridgehead atoms. The number of nitrogens with one attached hydrogen (secondary N) is 3. The van der Waals surface area contributed by atoms with Gasteiger partial charge in [0.1, 0.15) is 24.6 Å². The number of nitro groups is 1. The van der Waals surface area contributed by atoms with Crippen molar-refractivity contribution in [1.29, 1.82) is 0 Å². The molecule has 384 valence electrons. The maximum atomic E-state index is 14.4. The number of aliphatic hydroxyl groups is 1. The fraction of sp³-hybridized carbons (Fsp3) is 0.509. The van der Waals surface area contributed by atoms with Crippen molar-refractivity contribution in [2.24, 2.45) is 11.3 Å². The van der Waals surface area contributed by atoms with E-state index in [1.165, 1.54) is 23.3 Å². The van der Waals surface area contributed by atoms with Crippen LogP contribution in [0.3, 0.4) is 0 Å². The van der Waals surface area contributed by atoms with Crippen LogP contribution < -0.4 is 29.1 Å². The van der Waals surface area contributed by atoms with Crippen molar-refractivity contribution in [2.75, 3.05) is 70.0 Å². The number of amides is 1. The fourth-order valence-corrected chi connectivity index (χ4v) is 12.6. The van der Waals surface area contributed by atoms with Crippen LogP contribution in [0.1, 0.15) is 106 Å². The van der Waals surface area contributed by atoms with E-state index in [1.54, 1.807) is 38.4 Å². The van der Waals surface area contributed by atoms with E-state index >= 15 is 0 Å². The quantitative estimate of drug-likeness (QED) is 0.0439. The Hall–Kier alpha value is -5.99. The molecule has 1 amide bonds. The zero-order valence-corrected chi connectivity index (χ0v) is 42.2. The Bertz CT molecular complexity index is 2920. The molecule has 5 aromatic rings. The Morgan fingerprint density at radius 1 is 1.00 bits per heavy atom. The summed E-state index contributed by atoms with van der Waals surface area (Å²) in [7, 11) is -3.17. The third kappa shape index (κ3) is 10.2. The minimum atomic E-state index is -4.73. The van der Waals surface area contributed by atoms with Gasteiger partial charge in [-0.3, -0.25) is 19.8 Å². The van der Waals surface area contributed by atoms with Crippen LogP contribution in [-0.4, -0.2) is 117 Å². The van der Waals surface area contributed by atoms with Gasteiger partial charge in [-0.05, 0) is 111 Å². The maximum absolute atomic E-state index is 14.4. The van der Waals surface area contributed by atoms with Gasteiger partial charge in [-0.25, -0.2) is 13.1 Å². The number of anilines is 2. The first-order valence-electron chi connectivity index (χ1n) is 25.2. The number of fused-ring (bicyclic) bond motifs is 2. The number of morpholine rings is 1. The van der Waals surface area contributed by atoms with Crippen molar-refractivity contribution in [2.45, 2.75) is 107 Å². The Balaban J connectivity index is 0.890. The Morgan fingerprint density at radius 3 is 2.53 bits per heavy atom. The van der Waals surface area contributed by atoms with Gasteiger partial charge in [0.05, 0.1) is 52.9 Å². The van der Waals surface area contributed by atoms with Crippen LogP contribution >= 0.6 is 0 Å². The van der Waals surface area contributed by atoms with Gasteiger partial charge in [0.15, 0.2) is 17.2 Å². The van der Waals surface area contributed by atoms with E-state index in [2.05, 4.69) is 67.9 Å². The van der Waals surface area contributed by atoms with E-state index < -0.39 is 37.0 Å². The standard InChI is InChI=1S/C53H65N7O11S/c1-33(2)39-7-5-6-8-40(39)44-32-68-22-21-59(44)37-29-53(30-37)16-19-58(20-17-53)36-9-10-41(45(26-36)71-47-25-35-13-18-54-49(35)56-51(47)69-24-23-67-4)50(61)57-72(65,66)38-27-43(60(63)64)48-46(28-38)70-31-42(55-48)34-11-14-52(3,62)15-12-34/h5-10,13,18,25-28,33-34,37,42,44,55,62H,11-12,14-17,19-24,29-32H2,1-4H3,(H,54,56)(H,57,61)/t34?,42-,44-,52?/m1/s1. The van der Waals surface area contributed by atoms with Crippen molar-refractivity contribution in [3.63, 3.8) is 0 Å². The van der Waals surface area contributed by atoms with Gasteiger partial charge in [0.2, 0.25) is 0 Å². The molecule has 5 aliphatic rings. The molecule has 2 atom stereocenters. The third-order valence-electron chi connectivity index (χ3n) is 15.8. The minimum Gasteiger partial charge on any atom is -0.489 e. The lowest BCUT2D eigenvalue weighted by Gasteiger charge is -2.57. The number of ether oxygens (including phenoxy) is 5. The van der Waals surface area contributed by atoms with E-state index in [0.29, 0.717) is 55.3 Å². The largest absolute Gasteiger partial charge is 0.489 e. The number of carbonyl (C=O) groups excluding carboxylic acids is 1. The SMILES string of the molecule is COCCOc1nc2[nH]ccc2cc1Oc1cc(N2CCC3(CC2)CC(N2CCOC[C@@H]2c2ccccc2C(C)C)C3)ccc1C(=O)NS(=O)(=O)c1cc2c(c([N+](=O)[O-])c1)N[C@@H](C1CCC(C)(O)CC1)CO2. The van der Waals surface area contributed by atoms with Crippen molar-refractivity contribution < 1.29 is 46.9 Å². The van der Waals surface area contributed by atoms with Crippen LogP contribution in [-0.2, 0) is 19.5 Å². The predicted octanol–water partition coefficient (Wildman–Crippen LogP) is 8.47. The lowest BCUT2D eigenvalue weighted by atomic mass is 9.59. The number of piperidine rings is 1. The highest BCUT2D eigenvalue weighted by atomic mass is 32.2. The first kappa shape index (κ1) is 49.6. The highest BCUT2D eigenvalue weighted by molar-refractivity contribution is 7.90. The fourth-order valence-electron chi connectivity index (χ4n) is 11.6. The molecule has 72 heavy (non-hydrogen) atoms. The average Bonchev–Trinajstić information content (AvgIpc) is 3.82. The molecule has 2 saturated heterocycles. The first-order chi connectivity index (χ1) is 34.6. The Labute approximate surface area is 419 Å². The van der Waals surface area contributed by atoms with Gasteiger partial charge in [-0.1, -0.05) is 38.1 Å². The number of carbonyl (C=O) groups is 1. The smallest absolute Gasteiger partial charge is 0.297 e. The lowest BCUT2D eigenvalue weighted by molar-refractivity contribution is -0.384. The third-order valence-corrected chi connectivity index (χ3v) is 17.1. The van der Waals surface area contributed by atoms with E-state index in [0.717, 1.165) is 63.7 Å². The summed E-state index contributed by atoms with van der Waals surface area (Å²) in [5.74, 6) is -0.150. The van der Waals surface area contributed by atoms with Crippen molar-refractivity contribution in [3.05, 3.63) is 99.7 Å². The number of aromatic nitrogens is 2. The van der Waals surface area contributed by atoms with Crippen molar-refractivity contribution in [1.82, 2.24) is 19.6 Å². The normalized spacial score (nSPS) is 23.5. The monoisotopic (exact) mass is 1010 g/mol. The van der Waals surface area contributed by atoms with Gasteiger partial charge < -0.3 is 44.0 Å². The maximum Gasteiger partial charge on any atom is 0.297 e. The number of H-pyrrole nitrogens is 1. The van der Waals surface area contributed by atoms with Crippen LogP contribution in [0.25, 0.3) is 11.0 Å². The number of pyridine rings is 1. The van der Waals surface area contributed by atoms with Gasteiger partial charge >= 0.3 is 0 Å². The zero-order chi connectivity index (χ0) is 50.4. The number of rotatable bonds is 15. The molecule has 3 aliphatic heterocycles. The second kappa shape index (κ2) is 20.1. The molecule has 1 spiro atoms. The molecule has 5 heterocycles. The average molecular weight is 1010 g/mol. The van der Waals surface area contributed by atoms with Gasteiger partial charge in [-0.2, -0.15) is 4.98 Å². The van der Waals surface area contributed by atoms with Crippen LogP contribution in [0.5, 0.6) is 23.1 Å². The molecule has 4 N–H and O–H groups in total. The molecular weight excluding hydrogens is 943 g/mol. The zero-order valence-electron chi connectivity index (χ0n) is 41.4. The molecule has 3 aromatic carbocycles. The summed E-state index contributed by atoms with van der Waals surface area (Å²) in [4.78, 5) is 38.3. The van der Waals surface area contributed by atoms with Crippen LogP contribution in [0, 0.1) is 21.4 Å². The summed E-state index contributed by atoms with van der Waals surface area (Å²) in [6.45, 7) is 10.7. The number of hydrogen-bond donors (Lipinski definition) is 4. The molecule has 0 radical (unpaired) electrons. The predicted molar refractivity (Wildman–Crippen MR) is 271 cm³/mol. The van der Waals surface area contributed by atoms with E-state index in [4.69, 9.17) is 23.7 Å². The van der Waals surface area contributed by atoms with Gasteiger partial charge in [0, 0.05) is 68.3 Å². The van der Waals surface area contributed by atoms with Crippen LogP contribution in [0.4, 0.5) is 17.1 Å². The number of nitro benzene ring substituents is 1. The number of aromatic amines is 1. The van der Waals surface area contributed by atoms with E-state index in [9.17, 15) is 28.4 Å². The molecule has 19 heteroatoms. The Morgan fingerprint density at radius 2 is 1.78 bits per heavy atom. The minimum absolute atomic E-state index is 0.0171. The molecular formula is C53H65N7O11S. The molecule has 10 rings (SSSR count). The highest BCUT2D eigenvalue weighted by Crippen LogP contribution is 2.53. The van der Waals surface area contributed by atoms with Crippen LogP contribution in [0.15, 0.2) is 77.8 Å². The van der Waals surface area contributed by atoms with E-state index in [-0.39, 0.29) is 77.6 Å². The number of hydrogen-bond acceptors (Lipinski definition) is 15. The second-order valence-corrected chi connectivity index (χ2v) is 22.6. The molecule has 0 unspecified atom stereocenters. The van der Waals surface area contributed by atoms with E-state index in [1.807, 2.05) is 6.07 Å². The lowest BCUT2D eigenvalue weighted by Crippen LogP contribution is -2.58. The second-order valence-electron chi connectivity index (χ2n) is 20.9. The molecule has 2 saturated carbocycles. The number of nitrogens with zero attached hydrogens (tertiary/aromatic N) is 4. The molecule has 2 aliphatic carbocycles. The first-order valence-corrected chi connectivity index (χ1v) is 26.7. The summed E-state index contributed by atoms with van der Waals surface area (Å²) in [6.07, 6.45) is 8.52. The number of sulfonamides is 1. The van der Waals surface area contributed by atoms with Crippen LogP contribution in [0.2, 0.25) is 0 Å². The highest BCUT2D eigenvalue weighted by Gasteiger charge is 2.50.